The second-order valence-corrected chi connectivity index (χ2v) is 4.11. The Kier molecular flexibility index (Phi) is 2.39. The SMILES string of the molecule is Cc1c(O)ccc2c1CC[C@@H]2CC(=O)O. The molecule has 0 heterocycles. The quantitative estimate of drug-likeness (QED) is 0.779. The van der Waals surface area contributed by atoms with Gasteiger partial charge < -0.3 is 10.2 Å². The Morgan fingerprint density at radius 3 is 2.93 bits per heavy atom. The first-order valence-electron chi connectivity index (χ1n) is 5.12. The van der Waals surface area contributed by atoms with Crippen LogP contribution in [0.1, 0.15) is 35.4 Å². The van der Waals surface area contributed by atoms with Crippen molar-refractivity contribution in [3.63, 3.8) is 0 Å². The number of hydrogen-bond acceptors (Lipinski definition) is 2. The van der Waals surface area contributed by atoms with Crippen LogP contribution in [-0.2, 0) is 11.2 Å². The Labute approximate surface area is 88.4 Å². The standard InChI is InChI=1S/C12H14O3/c1-7-9-3-2-8(6-12(14)15)10(9)4-5-11(7)13/h4-5,8,13H,2-3,6H2,1H3,(H,14,15)/t8-/m1/s1. The van der Waals surface area contributed by atoms with E-state index in [1.165, 1.54) is 0 Å². The molecule has 3 heteroatoms. The lowest BCUT2D eigenvalue weighted by molar-refractivity contribution is -0.137. The van der Waals surface area contributed by atoms with E-state index in [0.717, 1.165) is 29.5 Å². The molecule has 0 unspecified atom stereocenters. The van der Waals surface area contributed by atoms with Gasteiger partial charge in [0.15, 0.2) is 0 Å². The molecular formula is C12H14O3. The van der Waals surface area contributed by atoms with Gasteiger partial charge in [0.2, 0.25) is 0 Å². The normalized spacial score (nSPS) is 18.9. The first-order valence-corrected chi connectivity index (χ1v) is 5.12. The maximum atomic E-state index is 10.7. The summed E-state index contributed by atoms with van der Waals surface area (Å²) in [5, 5.41) is 18.3. The second-order valence-electron chi connectivity index (χ2n) is 4.11. The van der Waals surface area contributed by atoms with Crippen molar-refractivity contribution >= 4 is 5.97 Å². The number of phenols is 1. The molecule has 1 aromatic carbocycles. The maximum Gasteiger partial charge on any atom is 0.303 e. The van der Waals surface area contributed by atoms with Gasteiger partial charge in [-0.3, -0.25) is 4.79 Å². The molecule has 0 saturated heterocycles. The zero-order valence-corrected chi connectivity index (χ0v) is 8.66. The number of hydrogen-bond donors (Lipinski definition) is 2. The van der Waals surface area contributed by atoms with Crippen LogP contribution < -0.4 is 0 Å². The fourth-order valence-electron chi connectivity index (χ4n) is 2.38. The molecular weight excluding hydrogens is 192 g/mol. The lowest BCUT2D eigenvalue weighted by Crippen LogP contribution is -2.03. The molecule has 3 nitrogen and oxygen atoms in total. The van der Waals surface area contributed by atoms with Gasteiger partial charge in [-0.25, -0.2) is 0 Å². The van der Waals surface area contributed by atoms with E-state index >= 15 is 0 Å². The largest absolute Gasteiger partial charge is 0.508 e. The topological polar surface area (TPSA) is 57.5 Å². The monoisotopic (exact) mass is 206 g/mol. The molecule has 2 rings (SSSR count). The number of carbonyl (C=O) groups is 1. The third-order valence-electron chi connectivity index (χ3n) is 3.21. The molecule has 0 saturated carbocycles. The van der Waals surface area contributed by atoms with E-state index < -0.39 is 5.97 Å². The summed E-state index contributed by atoms with van der Waals surface area (Å²) < 4.78 is 0. The number of phenolic OH excluding ortho intramolecular Hbond substituents is 1. The van der Waals surface area contributed by atoms with Gasteiger partial charge in [-0.15, -0.1) is 0 Å². The van der Waals surface area contributed by atoms with Crippen molar-refractivity contribution in [1.29, 1.82) is 0 Å². The lowest BCUT2D eigenvalue weighted by Gasteiger charge is -2.10. The van der Waals surface area contributed by atoms with Crippen LogP contribution in [0.15, 0.2) is 12.1 Å². The summed E-state index contributed by atoms with van der Waals surface area (Å²) in [4.78, 5) is 10.7. The molecule has 0 bridgehead atoms. The summed E-state index contributed by atoms with van der Waals surface area (Å²) in [6.45, 7) is 1.89. The average molecular weight is 206 g/mol. The highest BCUT2D eigenvalue weighted by Gasteiger charge is 2.26. The van der Waals surface area contributed by atoms with E-state index in [1.54, 1.807) is 6.07 Å². The summed E-state index contributed by atoms with van der Waals surface area (Å²) >= 11 is 0. The Hall–Kier alpha value is -1.51. The van der Waals surface area contributed by atoms with E-state index in [-0.39, 0.29) is 12.3 Å². The molecule has 80 valence electrons. The van der Waals surface area contributed by atoms with Crippen LogP contribution in [0.3, 0.4) is 0 Å². The van der Waals surface area contributed by atoms with E-state index in [2.05, 4.69) is 0 Å². The molecule has 0 fully saturated rings. The predicted octanol–water partition coefficient (Wildman–Crippen LogP) is 2.21. The minimum atomic E-state index is -0.751. The predicted molar refractivity (Wildman–Crippen MR) is 56.2 cm³/mol. The highest BCUT2D eigenvalue weighted by Crippen LogP contribution is 2.39. The summed E-state index contributed by atoms with van der Waals surface area (Å²) in [6, 6.07) is 3.52. The molecule has 0 radical (unpaired) electrons. The van der Waals surface area contributed by atoms with Gasteiger partial charge >= 0.3 is 5.97 Å². The fourth-order valence-corrected chi connectivity index (χ4v) is 2.38. The van der Waals surface area contributed by atoms with E-state index in [0.29, 0.717) is 5.75 Å². The van der Waals surface area contributed by atoms with Gasteiger partial charge in [-0.1, -0.05) is 6.07 Å². The van der Waals surface area contributed by atoms with Crippen LogP contribution in [0.4, 0.5) is 0 Å². The van der Waals surface area contributed by atoms with E-state index in [9.17, 15) is 9.90 Å². The summed E-state index contributed by atoms with van der Waals surface area (Å²) in [5.41, 5.74) is 3.15. The number of aliphatic carboxylic acids is 1. The molecule has 1 aromatic rings. The molecule has 2 N–H and O–H groups in total. The van der Waals surface area contributed by atoms with Crippen molar-refractivity contribution < 1.29 is 15.0 Å². The molecule has 0 spiro atoms. The van der Waals surface area contributed by atoms with Crippen molar-refractivity contribution in [2.45, 2.75) is 32.1 Å². The molecule has 0 aliphatic heterocycles. The minimum absolute atomic E-state index is 0.122. The van der Waals surface area contributed by atoms with Crippen LogP contribution in [0.2, 0.25) is 0 Å². The third kappa shape index (κ3) is 1.69. The van der Waals surface area contributed by atoms with Crippen molar-refractivity contribution in [1.82, 2.24) is 0 Å². The average Bonchev–Trinajstić information content (AvgIpc) is 2.55. The zero-order valence-electron chi connectivity index (χ0n) is 8.66. The summed E-state index contributed by atoms with van der Waals surface area (Å²) in [7, 11) is 0. The number of carboxylic acids is 1. The lowest BCUT2D eigenvalue weighted by atomic mass is 9.96. The number of benzene rings is 1. The van der Waals surface area contributed by atoms with Crippen molar-refractivity contribution in [3.05, 3.63) is 28.8 Å². The number of rotatable bonds is 2. The van der Waals surface area contributed by atoms with E-state index in [4.69, 9.17) is 5.11 Å². The molecule has 0 amide bonds. The van der Waals surface area contributed by atoms with Crippen LogP contribution in [0.5, 0.6) is 5.75 Å². The first kappa shape index (κ1) is 10.0. The van der Waals surface area contributed by atoms with Gasteiger partial charge in [0, 0.05) is 0 Å². The Balaban J connectivity index is 2.36. The second kappa shape index (κ2) is 3.57. The molecule has 1 atom stereocenters. The van der Waals surface area contributed by atoms with Gasteiger partial charge in [-0.2, -0.15) is 0 Å². The molecule has 1 aliphatic carbocycles. The van der Waals surface area contributed by atoms with Crippen molar-refractivity contribution in [2.75, 3.05) is 0 Å². The van der Waals surface area contributed by atoms with Crippen molar-refractivity contribution in [2.24, 2.45) is 0 Å². The Morgan fingerprint density at radius 1 is 1.53 bits per heavy atom. The highest BCUT2D eigenvalue weighted by molar-refractivity contribution is 5.68. The summed E-state index contributed by atoms with van der Waals surface area (Å²) in [6.07, 6.45) is 1.96. The van der Waals surface area contributed by atoms with Crippen LogP contribution >= 0.6 is 0 Å². The van der Waals surface area contributed by atoms with Crippen LogP contribution in [0, 0.1) is 6.92 Å². The number of carboxylic acid groups (broad SMARTS) is 1. The summed E-state index contributed by atoms with van der Waals surface area (Å²) in [5.74, 6) is -0.319. The van der Waals surface area contributed by atoms with Crippen LogP contribution in [0.25, 0.3) is 0 Å². The highest BCUT2D eigenvalue weighted by atomic mass is 16.4. The third-order valence-corrected chi connectivity index (χ3v) is 3.21. The fraction of sp³-hybridized carbons (Fsp3) is 0.417. The minimum Gasteiger partial charge on any atom is -0.508 e. The Bertz CT molecular complexity index is 410. The smallest absolute Gasteiger partial charge is 0.303 e. The first-order chi connectivity index (χ1) is 7.09. The van der Waals surface area contributed by atoms with E-state index in [1.807, 2.05) is 13.0 Å². The van der Waals surface area contributed by atoms with Gasteiger partial charge in [0.1, 0.15) is 5.75 Å². The van der Waals surface area contributed by atoms with Gasteiger partial charge in [0.05, 0.1) is 6.42 Å². The number of fused-ring (bicyclic) bond motifs is 1. The maximum absolute atomic E-state index is 10.7. The molecule has 1 aliphatic rings. The molecule has 15 heavy (non-hydrogen) atoms. The zero-order chi connectivity index (χ0) is 11.0. The number of aromatic hydroxyl groups is 1. The van der Waals surface area contributed by atoms with Gasteiger partial charge in [0.25, 0.3) is 0 Å². The van der Waals surface area contributed by atoms with Crippen LogP contribution in [-0.4, -0.2) is 16.2 Å². The Morgan fingerprint density at radius 2 is 2.27 bits per heavy atom. The molecule has 0 aromatic heterocycles. The van der Waals surface area contributed by atoms with Crippen molar-refractivity contribution in [3.8, 4) is 5.75 Å². The van der Waals surface area contributed by atoms with Gasteiger partial charge in [-0.05, 0) is 48.4 Å².